The van der Waals surface area contributed by atoms with Gasteiger partial charge in [0.1, 0.15) is 11.5 Å². The van der Waals surface area contributed by atoms with Crippen LogP contribution >= 0.6 is 11.8 Å². The lowest BCUT2D eigenvalue weighted by atomic mass is 10.1. The molecule has 0 fully saturated rings. The van der Waals surface area contributed by atoms with Crippen LogP contribution in [0.5, 0.6) is 11.5 Å². The number of ether oxygens (including phenoxy) is 2. The lowest BCUT2D eigenvalue weighted by Gasteiger charge is -2.24. The predicted molar refractivity (Wildman–Crippen MR) is 162 cm³/mol. The van der Waals surface area contributed by atoms with Gasteiger partial charge in [-0.25, -0.2) is 4.79 Å². The first-order valence-corrected chi connectivity index (χ1v) is 14.3. The maximum absolute atomic E-state index is 13.6. The van der Waals surface area contributed by atoms with E-state index >= 15 is 0 Å². The molecular weight excluding hydrogens is 520 g/mol. The van der Waals surface area contributed by atoms with Gasteiger partial charge >= 0.3 is 12.0 Å². The Hall–Kier alpha value is -4.23. The van der Waals surface area contributed by atoms with Crippen LogP contribution in [0.15, 0.2) is 113 Å². The summed E-state index contributed by atoms with van der Waals surface area (Å²) in [5.74, 6) is 0.940. The van der Waals surface area contributed by atoms with Gasteiger partial charge in [0.15, 0.2) is 0 Å². The van der Waals surface area contributed by atoms with Crippen LogP contribution in [0.2, 0.25) is 0 Å². The second kappa shape index (κ2) is 14.8. The molecule has 7 heteroatoms. The summed E-state index contributed by atoms with van der Waals surface area (Å²) < 4.78 is 11.1. The van der Waals surface area contributed by atoms with Gasteiger partial charge in [-0.15, -0.1) is 0 Å². The molecule has 2 amide bonds. The highest BCUT2D eigenvalue weighted by molar-refractivity contribution is 7.99. The zero-order valence-corrected chi connectivity index (χ0v) is 23.7. The van der Waals surface area contributed by atoms with E-state index < -0.39 is 0 Å². The monoisotopic (exact) mass is 554 g/mol. The Morgan fingerprint density at radius 2 is 1.57 bits per heavy atom. The van der Waals surface area contributed by atoms with Gasteiger partial charge < -0.3 is 14.8 Å². The van der Waals surface area contributed by atoms with Gasteiger partial charge in [-0.2, -0.15) is 0 Å². The summed E-state index contributed by atoms with van der Waals surface area (Å²) in [6, 6.07) is 32.7. The normalized spacial score (nSPS) is 10.6. The third-order valence-electron chi connectivity index (χ3n) is 6.02. The standard InChI is InChI=1S/C33H34N2O4S/c1-3-11-32(36)39-27-18-20-28(21-19-27)40-29-15-10-14-26(24-29)35(23-22-25-12-6-5-7-13-25)33(37)34-30-16-8-9-17-31(30)38-4-2/h5-10,12-21,24H,3-4,11,22-23H2,1-2H3,(H,34,37). The Morgan fingerprint density at radius 1 is 0.825 bits per heavy atom. The average molecular weight is 555 g/mol. The van der Waals surface area contributed by atoms with E-state index in [2.05, 4.69) is 17.4 Å². The fourth-order valence-electron chi connectivity index (χ4n) is 4.08. The van der Waals surface area contributed by atoms with Crippen LogP contribution < -0.4 is 19.7 Å². The van der Waals surface area contributed by atoms with E-state index in [0.717, 1.165) is 27.5 Å². The molecule has 1 N–H and O–H groups in total. The summed E-state index contributed by atoms with van der Waals surface area (Å²) in [7, 11) is 0. The molecule has 0 aliphatic rings. The van der Waals surface area contributed by atoms with Crippen molar-refractivity contribution in [2.75, 3.05) is 23.4 Å². The lowest BCUT2D eigenvalue weighted by Crippen LogP contribution is -2.36. The minimum Gasteiger partial charge on any atom is -0.492 e. The first-order valence-electron chi connectivity index (χ1n) is 13.5. The fraction of sp³-hybridized carbons (Fsp3) is 0.212. The molecule has 0 bridgehead atoms. The van der Waals surface area contributed by atoms with Crippen molar-refractivity contribution in [3.05, 3.63) is 109 Å². The molecule has 0 unspecified atom stereocenters. The van der Waals surface area contributed by atoms with Gasteiger partial charge in [-0.3, -0.25) is 9.69 Å². The molecule has 0 radical (unpaired) electrons. The Morgan fingerprint density at radius 3 is 2.33 bits per heavy atom. The minimum atomic E-state index is -0.233. The number of esters is 1. The van der Waals surface area contributed by atoms with Crippen LogP contribution in [0, 0.1) is 0 Å². The molecule has 0 atom stereocenters. The maximum atomic E-state index is 13.6. The van der Waals surface area contributed by atoms with Gasteiger partial charge in [0, 0.05) is 28.4 Å². The third kappa shape index (κ3) is 8.38. The van der Waals surface area contributed by atoms with E-state index in [1.54, 1.807) is 28.8 Å². The largest absolute Gasteiger partial charge is 0.492 e. The van der Waals surface area contributed by atoms with Crippen molar-refractivity contribution < 1.29 is 19.1 Å². The SMILES string of the molecule is CCCC(=O)Oc1ccc(Sc2cccc(N(CCc3ccccc3)C(=O)Nc3ccccc3OCC)c2)cc1. The maximum Gasteiger partial charge on any atom is 0.326 e. The van der Waals surface area contributed by atoms with Crippen molar-refractivity contribution in [1.82, 2.24) is 0 Å². The van der Waals surface area contributed by atoms with Gasteiger partial charge in [0.25, 0.3) is 0 Å². The smallest absolute Gasteiger partial charge is 0.326 e. The Balaban J connectivity index is 1.53. The number of para-hydroxylation sites is 2. The number of nitrogens with zero attached hydrogens (tertiary/aromatic N) is 1. The molecular formula is C33H34N2O4S. The molecule has 4 aromatic carbocycles. The molecule has 0 spiro atoms. The molecule has 0 aliphatic carbocycles. The van der Waals surface area contributed by atoms with Crippen molar-refractivity contribution in [3.8, 4) is 11.5 Å². The number of carbonyl (C=O) groups excluding carboxylic acids is 2. The molecule has 206 valence electrons. The third-order valence-corrected chi connectivity index (χ3v) is 7.01. The highest BCUT2D eigenvalue weighted by atomic mass is 32.2. The number of benzene rings is 4. The van der Waals surface area contributed by atoms with E-state index in [4.69, 9.17) is 9.47 Å². The number of hydrogen-bond acceptors (Lipinski definition) is 5. The quantitative estimate of drug-likeness (QED) is 0.141. The van der Waals surface area contributed by atoms with Crippen LogP contribution in [0.3, 0.4) is 0 Å². The summed E-state index contributed by atoms with van der Waals surface area (Å²) in [5.41, 5.74) is 2.57. The van der Waals surface area contributed by atoms with E-state index in [9.17, 15) is 9.59 Å². The van der Waals surface area contributed by atoms with Crippen molar-refractivity contribution in [3.63, 3.8) is 0 Å². The number of urea groups is 1. The van der Waals surface area contributed by atoms with Crippen LogP contribution in [-0.4, -0.2) is 25.2 Å². The molecule has 0 saturated carbocycles. The summed E-state index contributed by atoms with van der Waals surface area (Å²) in [6.45, 7) is 4.87. The van der Waals surface area contributed by atoms with Crippen molar-refractivity contribution in [1.29, 1.82) is 0 Å². The Kier molecular flexibility index (Phi) is 10.6. The topological polar surface area (TPSA) is 67.9 Å². The predicted octanol–water partition coefficient (Wildman–Crippen LogP) is 8.22. The van der Waals surface area contributed by atoms with Crippen LogP contribution in [0.1, 0.15) is 32.3 Å². The highest BCUT2D eigenvalue weighted by Gasteiger charge is 2.18. The first kappa shape index (κ1) is 28.8. The van der Waals surface area contributed by atoms with Crippen LogP contribution in [0.25, 0.3) is 0 Å². The van der Waals surface area contributed by atoms with E-state index in [1.165, 1.54) is 0 Å². The average Bonchev–Trinajstić information content (AvgIpc) is 2.96. The number of anilines is 2. The zero-order valence-electron chi connectivity index (χ0n) is 22.8. The van der Waals surface area contributed by atoms with Crippen molar-refractivity contribution >= 4 is 35.1 Å². The fourth-order valence-corrected chi connectivity index (χ4v) is 4.95. The van der Waals surface area contributed by atoms with Crippen molar-refractivity contribution in [2.45, 2.75) is 42.9 Å². The van der Waals surface area contributed by atoms with Crippen LogP contribution in [0.4, 0.5) is 16.2 Å². The number of hydrogen-bond donors (Lipinski definition) is 1. The van der Waals surface area contributed by atoms with E-state index in [1.807, 2.05) is 92.7 Å². The molecule has 40 heavy (non-hydrogen) atoms. The first-order chi connectivity index (χ1) is 19.6. The second-order valence-corrected chi connectivity index (χ2v) is 10.2. The second-order valence-electron chi connectivity index (χ2n) is 9.04. The lowest BCUT2D eigenvalue weighted by molar-refractivity contribution is -0.134. The molecule has 0 aliphatic heterocycles. The Bertz CT molecular complexity index is 1390. The molecule has 4 aromatic rings. The van der Waals surface area contributed by atoms with Crippen molar-refractivity contribution in [2.24, 2.45) is 0 Å². The van der Waals surface area contributed by atoms with E-state index in [0.29, 0.717) is 43.2 Å². The Labute approximate surface area is 240 Å². The minimum absolute atomic E-state index is 0.228. The van der Waals surface area contributed by atoms with E-state index in [-0.39, 0.29) is 12.0 Å². The van der Waals surface area contributed by atoms with Crippen LogP contribution in [-0.2, 0) is 11.2 Å². The van der Waals surface area contributed by atoms with Gasteiger partial charge in [-0.05, 0) is 79.9 Å². The summed E-state index contributed by atoms with van der Waals surface area (Å²) in [4.78, 5) is 29.2. The highest BCUT2D eigenvalue weighted by Crippen LogP contribution is 2.32. The molecule has 6 nitrogen and oxygen atoms in total. The van der Waals surface area contributed by atoms with Gasteiger partial charge in [-0.1, -0.05) is 67.2 Å². The molecule has 4 rings (SSSR count). The number of carbonyl (C=O) groups is 2. The summed E-state index contributed by atoms with van der Waals surface area (Å²) in [5, 5.41) is 3.04. The summed E-state index contributed by atoms with van der Waals surface area (Å²) in [6.07, 6.45) is 1.86. The zero-order chi connectivity index (χ0) is 28.2. The number of amides is 2. The number of nitrogens with one attached hydrogen (secondary N) is 1. The molecule has 0 saturated heterocycles. The molecule has 0 aromatic heterocycles. The molecule has 0 heterocycles. The summed E-state index contributed by atoms with van der Waals surface area (Å²) >= 11 is 1.58. The van der Waals surface area contributed by atoms with Gasteiger partial charge in [0.05, 0.1) is 12.3 Å². The van der Waals surface area contributed by atoms with Gasteiger partial charge in [0.2, 0.25) is 0 Å². The number of rotatable bonds is 12.